The van der Waals surface area contributed by atoms with Crippen molar-refractivity contribution in [3.63, 3.8) is 0 Å². The molecule has 0 unspecified atom stereocenters. The smallest absolute Gasteiger partial charge is 0.478 e. The Morgan fingerprint density at radius 1 is 1.54 bits per heavy atom. The number of carboxylic acid groups (broad SMARTS) is 1. The molecule has 0 amide bonds. The fraction of sp³-hybridized carbons (Fsp3) is 0.333. The molecule has 0 bridgehead atoms. The number of hydrogen-bond donors (Lipinski definition) is 2. The standard InChI is InChI=1S/C3H7O3S.C3H4O2.Na/c1-2-3-7(4,5)6;1-2-3(4)5;/h1-3H2,(H,4,5,6);2H,1H2,(H,4,5);/q-1;;+1. The van der Waals surface area contributed by atoms with Crippen LogP contribution in [0, 0.1) is 6.92 Å². The molecule has 0 saturated heterocycles. The van der Waals surface area contributed by atoms with Gasteiger partial charge < -0.3 is 12.0 Å². The summed E-state index contributed by atoms with van der Waals surface area (Å²) in [6.07, 6.45) is 1.05. The minimum absolute atomic E-state index is 0. The zero-order valence-corrected chi connectivity index (χ0v) is 10.2. The van der Waals surface area contributed by atoms with Gasteiger partial charge >= 0.3 is 35.5 Å². The van der Waals surface area contributed by atoms with Crippen LogP contribution in [0.15, 0.2) is 12.7 Å². The average Bonchev–Trinajstić information content (AvgIpc) is 1.86. The molecular weight excluding hydrogens is 207 g/mol. The first kappa shape index (κ1) is 18.8. The van der Waals surface area contributed by atoms with Crippen LogP contribution in [0.25, 0.3) is 0 Å². The summed E-state index contributed by atoms with van der Waals surface area (Å²) in [5.74, 6) is -1.22. The second kappa shape index (κ2) is 10.2. The number of aliphatic carboxylic acids is 1. The molecule has 72 valence electrons. The Hall–Kier alpha value is 0.120. The predicted octanol–water partition coefficient (Wildman–Crippen LogP) is -2.64. The molecule has 0 aromatic rings. The second-order valence-electron chi connectivity index (χ2n) is 1.68. The summed E-state index contributed by atoms with van der Waals surface area (Å²) in [4.78, 5) is 9.25. The Labute approximate surface area is 99.9 Å². The van der Waals surface area contributed by atoms with Crippen LogP contribution in [0.3, 0.4) is 0 Å². The van der Waals surface area contributed by atoms with Crippen LogP contribution in [0.1, 0.15) is 6.42 Å². The number of carboxylic acids is 1. The molecule has 0 saturated carbocycles. The summed E-state index contributed by atoms with van der Waals surface area (Å²) in [5, 5.41) is 7.60. The SMILES string of the molecule is C=CC(=O)O.[CH2-]CCS(=O)(=O)O.[Na+]. The van der Waals surface area contributed by atoms with Gasteiger partial charge in [-0.2, -0.15) is 14.8 Å². The normalized spacial score (nSPS) is 8.77. The Balaban J connectivity index is -0.000000150. The molecule has 13 heavy (non-hydrogen) atoms. The van der Waals surface area contributed by atoms with Crippen molar-refractivity contribution in [1.29, 1.82) is 0 Å². The largest absolute Gasteiger partial charge is 1.00 e. The molecule has 0 rings (SSSR count). The van der Waals surface area contributed by atoms with E-state index < -0.39 is 16.1 Å². The van der Waals surface area contributed by atoms with Crippen LogP contribution in [-0.2, 0) is 14.9 Å². The quantitative estimate of drug-likeness (QED) is 0.234. The van der Waals surface area contributed by atoms with Gasteiger partial charge in [-0.15, -0.1) is 0 Å². The maximum absolute atomic E-state index is 9.75. The van der Waals surface area contributed by atoms with Gasteiger partial charge in [-0.1, -0.05) is 6.58 Å². The zero-order valence-electron chi connectivity index (χ0n) is 7.43. The minimum atomic E-state index is -3.74. The maximum Gasteiger partial charge on any atom is 1.00 e. The van der Waals surface area contributed by atoms with Gasteiger partial charge in [0.15, 0.2) is 0 Å². The van der Waals surface area contributed by atoms with E-state index in [1.807, 2.05) is 0 Å². The van der Waals surface area contributed by atoms with Gasteiger partial charge in [0.25, 0.3) is 10.1 Å². The van der Waals surface area contributed by atoms with E-state index >= 15 is 0 Å². The second-order valence-corrected chi connectivity index (χ2v) is 3.25. The summed E-state index contributed by atoms with van der Waals surface area (Å²) in [6, 6.07) is 0. The Morgan fingerprint density at radius 2 is 1.85 bits per heavy atom. The molecule has 0 aliphatic carbocycles. The molecule has 0 aromatic heterocycles. The van der Waals surface area contributed by atoms with Gasteiger partial charge in [-0.05, 0) is 0 Å². The summed E-state index contributed by atoms with van der Waals surface area (Å²) >= 11 is 0. The van der Waals surface area contributed by atoms with Gasteiger partial charge in [0.2, 0.25) is 0 Å². The van der Waals surface area contributed by atoms with Crippen molar-refractivity contribution < 1.29 is 52.4 Å². The topological polar surface area (TPSA) is 91.7 Å². The van der Waals surface area contributed by atoms with Crippen LogP contribution < -0.4 is 29.6 Å². The van der Waals surface area contributed by atoms with Crippen molar-refractivity contribution in [1.82, 2.24) is 0 Å². The third-order valence-electron chi connectivity index (χ3n) is 0.577. The number of rotatable bonds is 3. The van der Waals surface area contributed by atoms with E-state index in [4.69, 9.17) is 9.66 Å². The molecule has 0 heterocycles. The van der Waals surface area contributed by atoms with E-state index in [1.165, 1.54) is 0 Å². The van der Waals surface area contributed by atoms with Gasteiger partial charge in [-0.3, -0.25) is 4.55 Å². The molecule has 0 aromatic carbocycles. The van der Waals surface area contributed by atoms with Gasteiger partial charge in [-0.25, -0.2) is 4.79 Å². The molecule has 0 aliphatic rings. The van der Waals surface area contributed by atoms with Crippen molar-refractivity contribution >= 4 is 16.1 Å². The first-order chi connectivity index (χ1) is 5.33. The van der Waals surface area contributed by atoms with E-state index in [0.29, 0.717) is 0 Å². The van der Waals surface area contributed by atoms with Crippen LogP contribution in [0.2, 0.25) is 0 Å². The van der Waals surface area contributed by atoms with Crippen LogP contribution in [-0.4, -0.2) is 29.8 Å². The third-order valence-corrected chi connectivity index (χ3v) is 1.38. The van der Waals surface area contributed by atoms with Crippen LogP contribution in [0.5, 0.6) is 0 Å². The maximum atomic E-state index is 9.75. The molecular formula is C6H11NaO5S. The van der Waals surface area contributed by atoms with E-state index in [9.17, 15) is 13.2 Å². The predicted molar refractivity (Wildman–Crippen MR) is 44.2 cm³/mol. The first-order valence-electron chi connectivity index (χ1n) is 2.93. The first-order valence-corrected chi connectivity index (χ1v) is 4.54. The van der Waals surface area contributed by atoms with Crippen molar-refractivity contribution in [2.45, 2.75) is 6.42 Å². The molecule has 0 spiro atoms. The number of hydrogen-bond acceptors (Lipinski definition) is 3. The van der Waals surface area contributed by atoms with Gasteiger partial charge in [0, 0.05) is 11.8 Å². The van der Waals surface area contributed by atoms with Gasteiger partial charge in [0.1, 0.15) is 0 Å². The minimum Gasteiger partial charge on any atom is -0.478 e. The molecule has 0 aliphatic heterocycles. The fourth-order valence-corrected chi connectivity index (χ4v) is 0.547. The zero-order chi connectivity index (χ0) is 10.2. The Bertz CT molecular complexity index is 233. The molecule has 0 radical (unpaired) electrons. The molecule has 0 fully saturated rings. The summed E-state index contributed by atoms with van der Waals surface area (Å²) in [5.41, 5.74) is 0. The molecule has 7 heteroatoms. The van der Waals surface area contributed by atoms with Crippen molar-refractivity contribution in [3.05, 3.63) is 19.6 Å². The van der Waals surface area contributed by atoms with Crippen LogP contribution in [0.4, 0.5) is 0 Å². The molecule has 5 nitrogen and oxygen atoms in total. The summed E-state index contributed by atoms with van der Waals surface area (Å²) in [7, 11) is -3.74. The van der Waals surface area contributed by atoms with Crippen LogP contribution >= 0.6 is 0 Å². The molecule has 2 N–H and O–H groups in total. The number of carbonyl (C=O) groups is 1. The fourth-order valence-electron chi connectivity index (χ4n) is 0.182. The monoisotopic (exact) mass is 218 g/mol. The van der Waals surface area contributed by atoms with E-state index in [-0.39, 0.29) is 41.7 Å². The summed E-state index contributed by atoms with van der Waals surface area (Å²) in [6.45, 7) is 6.19. The Kier molecular flexibility index (Phi) is 14.8. The van der Waals surface area contributed by atoms with Crippen molar-refractivity contribution in [3.8, 4) is 0 Å². The Morgan fingerprint density at radius 3 is 1.85 bits per heavy atom. The van der Waals surface area contributed by atoms with Gasteiger partial charge in [0.05, 0.1) is 0 Å². The molecule has 0 atom stereocenters. The summed E-state index contributed by atoms with van der Waals surface area (Å²) < 4.78 is 27.4. The van der Waals surface area contributed by atoms with E-state index in [2.05, 4.69) is 13.5 Å². The third kappa shape index (κ3) is 33.1. The van der Waals surface area contributed by atoms with E-state index in [1.54, 1.807) is 0 Å². The van der Waals surface area contributed by atoms with E-state index in [0.717, 1.165) is 6.08 Å². The average molecular weight is 218 g/mol. The van der Waals surface area contributed by atoms with Crippen molar-refractivity contribution in [2.75, 3.05) is 5.75 Å². The van der Waals surface area contributed by atoms with Crippen molar-refractivity contribution in [2.24, 2.45) is 0 Å².